The van der Waals surface area contributed by atoms with Gasteiger partial charge in [-0.05, 0) is 30.5 Å². The fraction of sp³-hybridized carbons (Fsp3) is 0.176. The number of hydrogen-bond donors (Lipinski definition) is 1. The van der Waals surface area contributed by atoms with Crippen LogP contribution in [0.2, 0.25) is 0 Å². The lowest BCUT2D eigenvalue weighted by atomic mass is 9.92. The van der Waals surface area contributed by atoms with Crippen molar-refractivity contribution in [3.8, 4) is 0 Å². The van der Waals surface area contributed by atoms with Gasteiger partial charge in [0.2, 0.25) is 0 Å². The molecule has 2 rings (SSSR count). The molecule has 3 heteroatoms. The second-order valence-corrected chi connectivity index (χ2v) is 4.76. The molecule has 1 atom stereocenters. The van der Waals surface area contributed by atoms with E-state index < -0.39 is 11.9 Å². The molecule has 0 heterocycles. The molecule has 1 unspecified atom stereocenters. The van der Waals surface area contributed by atoms with E-state index in [2.05, 4.69) is 0 Å². The van der Waals surface area contributed by atoms with Crippen molar-refractivity contribution in [1.82, 2.24) is 0 Å². The number of aldehydes is 1. The van der Waals surface area contributed by atoms with Crippen LogP contribution in [-0.2, 0) is 0 Å². The van der Waals surface area contributed by atoms with Crippen molar-refractivity contribution in [2.75, 3.05) is 0 Å². The molecule has 0 spiro atoms. The maximum Gasteiger partial charge on any atom is 0.196 e. The van der Waals surface area contributed by atoms with Crippen molar-refractivity contribution >= 4 is 12.1 Å². The van der Waals surface area contributed by atoms with Crippen molar-refractivity contribution in [2.45, 2.75) is 20.0 Å². The average molecular weight is 268 g/mol. The van der Waals surface area contributed by atoms with Gasteiger partial charge in [-0.25, -0.2) is 0 Å². The lowest BCUT2D eigenvalue weighted by molar-refractivity contribution is 0.0746. The first-order valence-electron chi connectivity index (χ1n) is 6.39. The van der Waals surface area contributed by atoms with E-state index >= 15 is 0 Å². The fourth-order valence-electron chi connectivity index (χ4n) is 2.25. The number of Topliss-reactive ketones (excluding diaryl/α,β-unsaturated/α-hetero) is 1. The highest BCUT2D eigenvalue weighted by Gasteiger charge is 2.22. The van der Waals surface area contributed by atoms with Gasteiger partial charge in [0.1, 0.15) is 6.10 Å². The summed E-state index contributed by atoms with van der Waals surface area (Å²) in [5, 5.41) is 10.2. The highest BCUT2D eigenvalue weighted by atomic mass is 16.3. The van der Waals surface area contributed by atoms with E-state index in [1.165, 1.54) is 0 Å². The van der Waals surface area contributed by atoms with Crippen LogP contribution in [0.25, 0.3) is 0 Å². The van der Waals surface area contributed by atoms with E-state index in [0.717, 1.165) is 11.8 Å². The van der Waals surface area contributed by atoms with Crippen LogP contribution in [0.4, 0.5) is 0 Å². The number of aliphatic hydroxyl groups excluding tert-OH is 1. The zero-order valence-electron chi connectivity index (χ0n) is 11.5. The third-order valence-electron chi connectivity index (χ3n) is 3.48. The topological polar surface area (TPSA) is 54.4 Å². The van der Waals surface area contributed by atoms with Gasteiger partial charge in [-0.3, -0.25) is 9.59 Å². The Morgan fingerprint density at radius 1 is 1.10 bits per heavy atom. The van der Waals surface area contributed by atoms with E-state index in [1.54, 1.807) is 43.3 Å². The highest BCUT2D eigenvalue weighted by Crippen LogP contribution is 2.23. The molecule has 0 aliphatic heterocycles. The van der Waals surface area contributed by atoms with Crippen LogP contribution in [0, 0.1) is 13.8 Å². The molecule has 0 radical (unpaired) electrons. The van der Waals surface area contributed by atoms with Crippen LogP contribution in [0.5, 0.6) is 0 Å². The van der Waals surface area contributed by atoms with Gasteiger partial charge >= 0.3 is 0 Å². The summed E-state index contributed by atoms with van der Waals surface area (Å²) in [7, 11) is 0. The van der Waals surface area contributed by atoms with E-state index in [4.69, 9.17) is 0 Å². The van der Waals surface area contributed by atoms with Crippen molar-refractivity contribution in [3.63, 3.8) is 0 Å². The number of ketones is 1. The van der Waals surface area contributed by atoms with Crippen molar-refractivity contribution in [3.05, 3.63) is 70.3 Å². The Balaban J connectivity index is 2.42. The number of rotatable bonds is 4. The second-order valence-electron chi connectivity index (χ2n) is 4.76. The Hall–Kier alpha value is -2.26. The van der Waals surface area contributed by atoms with E-state index in [-0.39, 0.29) is 0 Å². The molecule has 0 aliphatic rings. The number of carbonyl (C=O) groups excluding carboxylic acids is 2. The third-order valence-corrected chi connectivity index (χ3v) is 3.48. The van der Waals surface area contributed by atoms with Crippen LogP contribution in [0.15, 0.2) is 42.5 Å². The van der Waals surface area contributed by atoms with E-state index in [9.17, 15) is 14.7 Å². The van der Waals surface area contributed by atoms with Crippen LogP contribution >= 0.6 is 0 Å². The van der Waals surface area contributed by atoms with Crippen LogP contribution in [-0.4, -0.2) is 17.2 Å². The number of benzene rings is 2. The highest BCUT2D eigenvalue weighted by molar-refractivity contribution is 6.02. The monoisotopic (exact) mass is 268 g/mol. The van der Waals surface area contributed by atoms with Gasteiger partial charge in [0.25, 0.3) is 0 Å². The van der Waals surface area contributed by atoms with E-state index in [1.807, 2.05) is 13.0 Å². The molecule has 0 amide bonds. The smallest absolute Gasteiger partial charge is 0.196 e. The molecule has 2 aromatic rings. The molecule has 3 nitrogen and oxygen atoms in total. The first kappa shape index (κ1) is 14.2. The van der Waals surface area contributed by atoms with Gasteiger partial charge < -0.3 is 5.11 Å². The molecule has 0 aromatic heterocycles. The minimum absolute atomic E-state index is 0.383. The first-order chi connectivity index (χ1) is 9.56. The summed E-state index contributed by atoms with van der Waals surface area (Å²) < 4.78 is 0. The molecule has 1 N–H and O–H groups in total. The van der Waals surface area contributed by atoms with Gasteiger partial charge in [-0.2, -0.15) is 0 Å². The number of aliphatic hydroxyl groups is 1. The van der Waals surface area contributed by atoms with Crippen molar-refractivity contribution in [2.24, 2.45) is 0 Å². The molecular formula is C17H16O3. The third kappa shape index (κ3) is 2.53. The Morgan fingerprint density at radius 3 is 2.35 bits per heavy atom. The molecule has 0 saturated carbocycles. The van der Waals surface area contributed by atoms with Crippen molar-refractivity contribution in [1.29, 1.82) is 0 Å². The van der Waals surface area contributed by atoms with Crippen molar-refractivity contribution < 1.29 is 14.7 Å². The van der Waals surface area contributed by atoms with Gasteiger partial charge in [0.15, 0.2) is 12.1 Å². The summed E-state index contributed by atoms with van der Waals surface area (Å²) in [6.45, 7) is 3.54. The summed E-state index contributed by atoms with van der Waals surface area (Å²) in [6.07, 6.45) is -0.465. The quantitative estimate of drug-likeness (QED) is 0.685. The molecule has 2 aromatic carbocycles. The molecule has 102 valence electrons. The SMILES string of the molecule is Cc1ccc(C(=O)C(O)c2ccccc2)c(C)c1C=O. The predicted octanol–water partition coefficient (Wildman–Crippen LogP) is 3.03. The molecule has 0 fully saturated rings. The summed E-state index contributed by atoms with van der Waals surface area (Å²) in [5.74, 6) is -0.392. The van der Waals surface area contributed by atoms with Gasteiger partial charge in [0, 0.05) is 11.1 Å². The van der Waals surface area contributed by atoms with Gasteiger partial charge in [-0.15, -0.1) is 0 Å². The Morgan fingerprint density at radius 2 is 1.75 bits per heavy atom. The summed E-state index contributed by atoms with van der Waals surface area (Å²) in [6, 6.07) is 12.1. The van der Waals surface area contributed by atoms with Gasteiger partial charge in [-0.1, -0.05) is 42.5 Å². The summed E-state index contributed by atoms with van der Waals surface area (Å²) >= 11 is 0. The lowest BCUT2D eigenvalue weighted by Crippen LogP contribution is -2.14. The van der Waals surface area contributed by atoms with E-state index in [0.29, 0.717) is 22.3 Å². The molecule has 0 aliphatic carbocycles. The molecular weight excluding hydrogens is 252 g/mol. The van der Waals surface area contributed by atoms with Crippen LogP contribution in [0.3, 0.4) is 0 Å². The number of aryl methyl sites for hydroxylation is 1. The number of carbonyl (C=O) groups is 2. The Kier molecular flexibility index (Phi) is 4.11. The maximum absolute atomic E-state index is 12.4. The normalized spacial score (nSPS) is 11.9. The lowest BCUT2D eigenvalue weighted by Gasteiger charge is -2.14. The fourth-order valence-corrected chi connectivity index (χ4v) is 2.25. The first-order valence-corrected chi connectivity index (χ1v) is 6.39. The standard InChI is InChI=1S/C17H16O3/c1-11-8-9-14(12(2)15(11)10-18)17(20)16(19)13-6-4-3-5-7-13/h3-10,16,19H,1-2H3. The largest absolute Gasteiger partial charge is 0.380 e. The molecule has 20 heavy (non-hydrogen) atoms. The number of hydrogen-bond acceptors (Lipinski definition) is 3. The molecule has 0 bridgehead atoms. The van der Waals surface area contributed by atoms with Crippen LogP contribution in [0.1, 0.15) is 43.5 Å². The summed E-state index contributed by atoms with van der Waals surface area (Å²) in [4.78, 5) is 23.5. The predicted molar refractivity (Wildman–Crippen MR) is 77.0 cm³/mol. The Labute approximate surface area is 117 Å². The minimum atomic E-state index is -1.21. The molecule has 0 saturated heterocycles. The minimum Gasteiger partial charge on any atom is -0.380 e. The Bertz CT molecular complexity index is 645. The van der Waals surface area contributed by atoms with Crippen LogP contribution < -0.4 is 0 Å². The zero-order valence-corrected chi connectivity index (χ0v) is 11.5. The average Bonchev–Trinajstić information content (AvgIpc) is 2.47. The second kappa shape index (κ2) is 5.80. The summed E-state index contributed by atoms with van der Waals surface area (Å²) in [5.41, 5.74) is 2.87. The van der Waals surface area contributed by atoms with Gasteiger partial charge in [0.05, 0.1) is 0 Å². The zero-order chi connectivity index (χ0) is 14.7. The maximum atomic E-state index is 12.4.